The van der Waals surface area contributed by atoms with Gasteiger partial charge in [-0.2, -0.15) is 5.10 Å². The topological polar surface area (TPSA) is 59.8 Å². The lowest BCUT2D eigenvalue weighted by Crippen LogP contribution is -2.34. The lowest BCUT2D eigenvalue weighted by molar-refractivity contribution is -0.118. The summed E-state index contributed by atoms with van der Waals surface area (Å²) < 4.78 is 1.96. The van der Waals surface area contributed by atoms with E-state index in [9.17, 15) is 4.79 Å². The normalized spacial score (nSPS) is 20.1. The predicted molar refractivity (Wildman–Crippen MR) is 113 cm³/mol. The van der Waals surface area contributed by atoms with Crippen molar-refractivity contribution in [3.8, 4) is 5.69 Å². The number of aromatic nitrogens is 3. The molecule has 0 fully saturated rings. The number of nitrogens with one attached hydrogen (secondary N) is 1. The van der Waals surface area contributed by atoms with Crippen LogP contribution in [0.1, 0.15) is 49.4 Å². The van der Waals surface area contributed by atoms with Crippen molar-refractivity contribution in [2.75, 3.05) is 5.32 Å². The second-order valence-corrected chi connectivity index (χ2v) is 8.77. The summed E-state index contributed by atoms with van der Waals surface area (Å²) >= 11 is 0. The number of fused-ring (bicyclic) bond motifs is 1. The van der Waals surface area contributed by atoms with E-state index in [-0.39, 0.29) is 17.1 Å². The molecule has 1 aliphatic heterocycles. The summed E-state index contributed by atoms with van der Waals surface area (Å²) in [5.74, 6) is 1.03. The number of nitrogens with zero attached hydrogens (tertiary/aromatic N) is 3. The molecule has 5 rings (SSSR count). The molecule has 2 aromatic heterocycles. The molecule has 0 unspecified atom stereocenters. The highest BCUT2D eigenvalue weighted by Gasteiger charge is 2.43. The molecule has 5 heteroatoms. The van der Waals surface area contributed by atoms with Crippen LogP contribution in [0.15, 0.2) is 66.1 Å². The maximum Gasteiger partial charge on any atom is 0.162 e. The molecule has 0 saturated heterocycles. The van der Waals surface area contributed by atoms with Gasteiger partial charge in [-0.05, 0) is 42.5 Å². The quantitative estimate of drug-likeness (QED) is 0.691. The Bertz CT molecular complexity index is 1130. The van der Waals surface area contributed by atoms with Crippen LogP contribution in [0.2, 0.25) is 0 Å². The molecule has 0 radical (unpaired) electrons. The SMILES string of the molecule is Cc1nn(-c2ccccc2)c2c1[C@H](c1cccnc1)C1=C(CC(C)(C)CC1=O)N2. The maximum absolute atomic E-state index is 13.3. The zero-order valence-electron chi connectivity index (χ0n) is 16.9. The van der Waals surface area contributed by atoms with Crippen LogP contribution in [0, 0.1) is 12.3 Å². The van der Waals surface area contributed by atoms with Crippen LogP contribution >= 0.6 is 0 Å². The fraction of sp³-hybridized carbons (Fsp3) is 0.292. The molecule has 1 aliphatic carbocycles. The van der Waals surface area contributed by atoms with Gasteiger partial charge < -0.3 is 5.32 Å². The molecule has 0 amide bonds. The summed E-state index contributed by atoms with van der Waals surface area (Å²) in [4.78, 5) is 17.6. The standard InChI is InChI=1S/C24H24N4O/c1-15-20-21(16-8-7-11-25-14-16)22-18(12-24(2,3)13-19(22)29)26-23(20)28(27-15)17-9-5-4-6-10-17/h4-11,14,21,26H,12-13H2,1-3H3/t21-/m0/s1. The van der Waals surface area contributed by atoms with E-state index in [0.717, 1.165) is 46.0 Å². The summed E-state index contributed by atoms with van der Waals surface area (Å²) in [6, 6.07) is 14.1. The monoisotopic (exact) mass is 384 g/mol. The Hall–Kier alpha value is -3.21. The van der Waals surface area contributed by atoms with E-state index in [1.165, 1.54) is 0 Å². The van der Waals surface area contributed by atoms with Crippen molar-refractivity contribution in [3.05, 3.63) is 82.9 Å². The molecule has 0 bridgehead atoms. The Morgan fingerprint density at radius 2 is 1.90 bits per heavy atom. The average Bonchev–Trinajstić information content (AvgIpc) is 3.03. The largest absolute Gasteiger partial charge is 0.343 e. The number of carbonyl (C=O) groups is 1. The van der Waals surface area contributed by atoms with Crippen LogP contribution < -0.4 is 5.32 Å². The van der Waals surface area contributed by atoms with Gasteiger partial charge >= 0.3 is 0 Å². The third-order valence-electron chi connectivity index (χ3n) is 5.89. The van der Waals surface area contributed by atoms with Crippen LogP contribution in [0.3, 0.4) is 0 Å². The Morgan fingerprint density at radius 3 is 2.62 bits per heavy atom. The number of pyridine rings is 1. The maximum atomic E-state index is 13.3. The summed E-state index contributed by atoms with van der Waals surface area (Å²) in [6.45, 7) is 6.33. The number of hydrogen-bond acceptors (Lipinski definition) is 4. The third kappa shape index (κ3) is 2.89. The predicted octanol–water partition coefficient (Wildman–Crippen LogP) is 4.78. The molecule has 1 aromatic carbocycles. The van der Waals surface area contributed by atoms with Crippen molar-refractivity contribution in [3.63, 3.8) is 0 Å². The van der Waals surface area contributed by atoms with Crippen LogP contribution in [0.25, 0.3) is 5.69 Å². The van der Waals surface area contributed by atoms with E-state index in [0.29, 0.717) is 6.42 Å². The van der Waals surface area contributed by atoms with Gasteiger partial charge in [0.1, 0.15) is 5.82 Å². The fourth-order valence-electron chi connectivity index (χ4n) is 4.71. The number of carbonyl (C=O) groups excluding carboxylic acids is 1. The van der Waals surface area contributed by atoms with Gasteiger partial charge in [0.2, 0.25) is 0 Å². The number of hydrogen-bond donors (Lipinski definition) is 1. The smallest absolute Gasteiger partial charge is 0.162 e. The number of Topliss-reactive ketones (excluding diaryl/α,β-unsaturated/α-hetero) is 1. The van der Waals surface area contributed by atoms with Crippen LogP contribution in [-0.2, 0) is 4.79 Å². The van der Waals surface area contributed by atoms with E-state index in [1.807, 2.05) is 54.2 Å². The molecule has 1 N–H and O–H groups in total. The zero-order valence-corrected chi connectivity index (χ0v) is 16.9. The number of ketones is 1. The lowest BCUT2D eigenvalue weighted by atomic mass is 9.69. The molecule has 0 saturated carbocycles. The second-order valence-electron chi connectivity index (χ2n) is 8.77. The highest BCUT2D eigenvalue weighted by atomic mass is 16.1. The zero-order chi connectivity index (χ0) is 20.2. The molecule has 29 heavy (non-hydrogen) atoms. The first-order chi connectivity index (χ1) is 13.9. The molecule has 5 nitrogen and oxygen atoms in total. The van der Waals surface area contributed by atoms with Gasteiger partial charge in [-0.1, -0.05) is 38.1 Å². The summed E-state index contributed by atoms with van der Waals surface area (Å²) in [5, 5.41) is 8.46. The average molecular weight is 384 g/mol. The number of anilines is 1. The Morgan fingerprint density at radius 1 is 1.10 bits per heavy atom. The summed E-state index contributed by atoms with van der Waals surface area (Å²) in [5.41, 5.74) is 5.85. The first-order valence-corrected chi connectivity index (χ1v) is 10.0. The van der Waals surface area contributed by atoms with Gasteiger partial charge in [0.05, 0.1) is 11.4 Å². The number of aryl methyl sites for hydroxylation is 1. The highest BCUT2D eigenvalue weighted by Crippen LogP contribution is 2.50. The highest BCUT2D eigenvalue weighted by molar-refractivity contribution is 6.01. The second kappa shape index (κ2) is 6.41. The van der Waals surface area contributed by atoms with E-state index in [4.69, 9.17) is 5.10 Å². The van der Waals surface area contributed by atoms with Crippen molar-refractivity contribution >= 4 is 11.6 Å². The van der Waals surface area contributed by atoms with E-state index < -0.39 is 0 Å². The van der Waals surface area contributed by atoms with Crippen molar-refractivity contribution in [2.45, 2.75) is 39.5 Å². The first kappa shape index (κ1) is 17.9. The molecule has 3 aromatic rings. The Kier molecular flexibility index (Phi) is 3.95. The minimum absolute atomic E-state index is 0.0629. The van der Waals surface area contributed by atoms with Gasteiger partial charge in [0, 0.05) is 41.6 Å². The van der Waals surface area contributed by atoms with Crippen molar-refractivity contribution in [2.24, 2.45) is 5.41 Å². The minimum Gasteiger partial charge on any atom is -0.343 e. The first-order valence-electron chi connectivity index (χ1n) is 10.0. The molecular formula is C24H24N4O. The summed E-state index contributed by atoms with van der Waals surface area (Å²) in [6.07, 6.45) is 5.04. The third-order valence-corrected chi connectivity index (χ3v) is 5.89. The molecule has 1 atom stereocenters. The summed E-state index contributed by atoms with van der Waals surface area (Å²) in [7, 11) is 0. The van der Waals surface area contributed by atoms with Crippen LogP contribution in [0.4, 0.5) is 5.82 Å². The molecule has 0 spiro atoms. The molecular weight excluding hydrogens is 360 g/mol. The number of benzene rings is 1. The molecule has 2 aliphatic rings. The van der Waals surface area contributed by atoms with Crippen molar-refractivity contribution in [1.29, 1.82) is 0 Å². The number of allylic oxidation sites excluding steroid dienone is 2. The van der Waals surface area contributed by atoms with Crippen LogP contribution in [0.5, 0.6) is 0 Å². The van der Waals surface area contributed by atoms with Gasteiger partial charge in [-0.3, -0.25) is 9.78 Å². The number of rotatable bonds is 2. The van der Waals surface area contributed by atoms with Gasteiger partial charge in [-0.15, -0.1) is 0 Å². The molecule has 146 valence electrons. The van der Waals surface area contributed by atoms with Gasteiger partial charge in [0.25, 0.3) is 0 Å². The molecule has 3 heterocycles. The van der Waals surface area contributed by atoms with Crippen molar-refractivity contribution < 1.29 is 4.79 Å². The fourth-order valence-corrected chi connectivity index (χ4v) is 4.71. The Labute approximate surface area is 170 Å². The Balaban J connectivity index is 1.76. The van der Waals surface area contributed by atoms with Crippen molar-refractivity contribution in [1.82, 2.24) is 14.8 Å². The van der Waals surface area contributed by atoms with E-state index in [1.54, 1.807) is 6.20 Å². The van der Waals surface area contributed by atoms with Gasteiger partial charge in [0.15, 0.2) is 5.78 Å². The van der Waals surface area contributed by atoms with Crippen LogP contribution in [-0.4, -0.2) is 20.5 Å². The van der Waals surface area contributed by atoms with E-state index >= 15 is 0 Å². The lowest BCUT2D eigenvalue weighted by Gasteiger charge is -2.38. The van der Waals surface area contributed by atoms with E-state index in [2.05, 4.69) is 30.2 Å². The minimum atomic E-state index is -0.143. The van der Waals surface area contributed by atoms with Gasteiger partial charge in [-0.25, -0.2) is 4.68 Å². The number of para-hydroxylation sites is 1.